The van der Waals surface area contributed by atoms with E-state index in [1.807, 2.05) is 60.7 Å². The highest BCUT2D eigenvalue weighted by Gasteiger charge is 2.12. The van der Waals surface area contributed by atoms with Crippen LogP contribution in [0.3, 0.4) is 0 Å². The Hall–Kier alpha value is -3.99. The molecule has 0 aliphatic heterocycles. The number of hydrogen-bond donors (Lipinski definition) is 2. The first-order chi connectivity index (χ1) is 13.7. The summed E-state index contributed by atoms with van der Waals surface area (Å²) in [5, 5.41) is 5.39. The summed E-state index contributed by atoms with van der Waals surface area (Å²) in [6, 6.07) is 22.2. The molecule has 0 spiro atoms. The summed E-state index contributed by atoms with van der Waals surface area (Å²) < 4.78 is 0. The highest BCUT2D eigenvalue weighted by Crippen LogP contribution is 2.09. The van der Waals surface area contributed by atoms with Crippen LogP contribution in [-0.2, 0) is 9.59 Å². The summed E-state index contributed by atoms with van der Waals surface area (Å²) >= 11 is 0. The van der Waals surface area contributed by atoms with Crippen molar-refractivity contribution in [2.45, 2.75) is 0 Å². The molecule has 0 fully saturated rings. The molecular weight excluding hydrogens is 350 g/mol. The molecule has 1 heterocycles. The van der Waals surface area contributed by atoms with Crippen molar-refractivity contribution in [1.29, 1.82) is 0 Å². The minimum atomic E-state index is -0.432. The Morgan fingerprint density at radius 1 is 0.821 bits per heavy atom. The zero-order valence-corrected chi connectivity index (χ0v) is 15.1. The third-order valence-corrected chi connectivity index (χ3v) is 3.76. The number of nitrogens with zero attached hydrogens (tertiary/aromatic N) is 1. The van der Waals surface area contributed by atoms with Crippen LogP contribution in [-0.4, -0.2) is 16.8 Å². The van der Waals surface area contributed by atoms with Crippen molar-refractivity contribution >= 4 is 29.7 Å². The fraction of sp³-hybridized carbons (Fsp3) is 0. The van der Waals surface area contributed by atoms with Crippen molar-refractivity contribution in [3.8, 4) is 0 Å². The molecule has 3 rings (SSSR count). The van der Waals surface area contributed by atoms with Gasteiger partial charge in [0.2, 0.25) is 5.91 Å². The lowest BCUT2D eigenvalue weighted by molar-refractivity contribution is -0.118. The lowest BCUT2D eigenvalue weighted by Gasteiger charge is -2.10. The monoisotopic (exact) mass is 369 g/mol. The fourth-order valence-corrected chi connectivity index (χ4v) is 2.42. The minimum Gasteiger partial charge on any atom is -0.319 e. The smallest absolute Gasteiger partial charge is 0.272 e. The van der Waals surface area contributed by atoms with Gasteiger partial charge in [-0.3, -0.25) is 14.6 Å². The van der Waals surface area contributed by atoms with E-state index in [1.54, 1.807) is 30.5 Å². The van der Waals surface area contributed by atoms with E-state index in [0.717, 1.165) is 11.1 Å². The molecule has 0 saturated carbocycles. The largest absolute Gasteiger partial charge is 0.319 e. The van der Waals surface area contributed by atoms with Crippen molar-refractivity contribution in [2.24, 2.45) is 0 Å². The Kier molecular flexibility index (Phi) is 6.47. The number of amides is 2. The van der Waals surface area contributed by atoms with Crippen LogP contribution in [0.25, 0.3) is 12.2 Å². The second kappa shape index (κ2) is 9.64. The predicted octanol–water partition coefficient (Wildman–Crippen LogP) is 3.89. The van der Waals surface area contributed by atoms with Crippen molar-refractivity contribution in [1.82, 2.24) is 10.3 Å². The van der Waals surface area contributed by atoms with E-state index >= 15 is 0 Å². The molecule has 1 aromatic heterocycles. The molecule has 0 atom stereocenters. The molecular formula is C23H19N3O2. The van der Waals surface area contributed by atoms with Crippen LogP contribution in [0.2, 0.25) is 0 Å². The average molecular weight is 369 g/mol. The van der Waals surface area contributed by atoms with E-state index in [-0.39, 0.29) is 5.70 Å². The van der Waals surface area contributed by atoms with Crippen LogP contribution in [0, 0.1) is 0 Å². The van der Waals surface area contributed by atoms with E-state index < -0.39 is 11.8 Å². The van der Waals surface area contributed by atoms with Crippen molar-refractivity contribution in [3.05, 3.63) is 108 Å². The van der Waals surface area contributed by atoms with Gasteiger partial charge in [0.1, 0.15) is 5.70 Å². The molecule has 0 aliphatic rings. The fourth-order valence-electron chi connectivity index (χ4n) is 2.42. The maximum absolute atomic E-state index is 12.7. The van der Waals surface area contributed by atoms with Gasteiger partial charge >= 0.3 is 0 Å². The molecule has 0 bridgehead atoms. The van der Waals surface area contributed by atoms with Gasteiger partial charge in [-0.2, -0.15) is 0 Å². The molecule has 0 aliphatic carbocycles. The number of hydrogen-bond acceptors (Lipinski definition) is 3. The van der Waals surface area contributed by atoms with Crippen molar-refractivity contribution in [3.63, 3.8) is 0 Å². The molecule has 2 aromatic carbocycles. The van der Waals surface area contributed by atoms with Gasteiger partial charge in [0.25, 0.3) is 5.91 Å². The first-order valence-electron chi connectivity index (χ1n) is 8.73. The normalized spacial score (nSPS) is 11.2. The zero-order chi connectivity index (χ0) is 19.6. The van der Waals surface area contributed by atoms with Crippen LogP contribution in [0.15, 0.2) is 97.0 Å². The van der Waals surface area contributed by atoms with Crippen LogP contribution in [0.4, 0.5) is 5.69 Å². The predicted molar refractivity (Wildman–Crippen MR) is 111 cm³/mol. The molecule has 138 valence electrons. The molecule has 5 heteroatoms. The van der Waals surface area contributed by atoms with Gasteiger partial charge in [-0.15, -0.1) is 0 Å². The number of rotatable bonds is 6. The Morgan fingerprint density at radius 2 is 1.50 bits per heavy atom. The van der Waals surface area contributed by atoms with Gasteiger partial charge in [0, 0.05) is 12.3 Å². The summed E-state index contributed by atoms with van der Waals surface area (Å²) in [6.07, 6.45) is 7.86. The highest BCUT2D eigenvalue weighted by atomic mass is 16.2. The van der Waals surface area contributed by atoms with Gasteiger partial charge in [-0.25, -0.2) is 0 Å². The van der Waals surface area contributed by atoms with Crippen LogP contribution in [0.5, 0.6) is 0 Å². The van der Waals surface area contributed by atoms with Gasteiger partial charge in [0.05, 0.1) is 11.9 Å². The maximum atomic E-state index is 12.7. The summed E-state index contributed by atoms with van der Waals surface area (Å²) in [4.78, 5) is 29.0. The van der Waals surface area contributed by atoms with Gasteiger partial charge in [-0.05, 0) is 35.4 Å². The molecule has 0 saturated heterocycles. The summed E-state index contributed by atoms with van der Waals surface area (Å²) in [6.45, 7) is 0. The standard InChI is InChI=1S/C23H19N3O2/c27-22(14-13-18-8-3-1-4-9-18)26-21(16-19-10-5-2-6-11-19)23(28)25-20-12-7-15-24-17-20/h1-17H,(H,25,28)(H,26,27)/b14-13+,21-16-. The Morgan fingerprint density at radius 3 is 2.14 bits per heavy atom. The number of carbonyl (C=O) groups is 2. The molecule has 2 N–H and O–H groups in total. The van der Waals surface area contributed by atoms with Gasteiger partial charge in [-0.1, -0.05) is 60.7 Å². The van der Waals surface area contributed by atoms with Gasteiger partial charge < -0.3 is 10.6 Å². The van der Waals surface area contributed by atoms with Crippen LogP contribution in [0.1, 0.15) is 11.1 Å². The minimum absolute atomic E-state index is 0.137. The summed E-state index contributed by atoms with van der Waals surface area (Å²) in [5.74, 6) is -0.828. The number of aromatic nitrogens is 1. The summed E-state index contributed by atoms with van der Waals surface area (Å²) in [5.41, 5.74) is 2.37. The number of anilines is 1. The topological polar surface area (TPSA) is 71.1 Å². The molecule has 5 nitrogen and oxygen atoms in total. The van der Waals surface area contributed by atoms with Crippen LogP contribution >= 0.6 is 0 Å². The molecule has 0 radical (unpaired) electrons. The van der Waals surface area contributed by atoms with E-state index in [1.165, 1.54) is 12.3 Å². The maximum Gasteiger partial charge on any atom is 0.272 e. The number of pyridine rings is 1. The number of benzene rings is 2. The van der Waals surface area contributed by atoms with E-state index in [9.17, 15) is 9.59 Å². The van der Waals surface area contributed by atoms with Crippen molar-refractivity contribution < 1.29 is 9.59 Å². The lowest BCUT2D eigenvalue weighted by atomic mass is 10.2. The average Bonchev–Trinajstić information content (AvgIpc) is 2.74. The lowest BCUT2D eigenvalue weighted by Crippen LogP contribution is -2.29. The molecule has 28 heavy (non-hydrogen) atoms. The van der Waals surface area contributed by atoms with Crippen LogP contribution < -0.4 is 10.6 Å². The Bertz CT molecular complexity index is 982. The van der Waals surface area contributed by atoms with Crippen molar-refractivity contribution in [2.75, 3.05) is 5.32 Å². The van der Waals surface area contributed by atoms with E-state index in [0.29, 0.717) is 5.69 Å². The molecule has 2 amide bonds. The second-order valence-corrected chi connectivity index (χ2v) is 5.90. The summed E-state index contributed by atoms with van der Waals surface area (Å²) in [7, 11) is 0. The number of carbonyl (C=O) groups excluding carboxylic acids is 2. The molecule has 3 aromatic rings. The van der Waals surface area contributed by atoms with Gasteiger partial charge in [0.15, 0.2) is 0 Å². The zero-order valence-electron chi connectivity index (χ0n) is 15.1. The third kappa shape index (κ3) is 5.78. The Balaban J connectivity index is 1.78. The molecule has 0 unspecified atom stereocenters. The number of nitrogens with one attached hydrogen (secondary N) is 2. The Labute approximate surface area is 163 Å². The second-order valence-electron chi connectivity index (χ2n) is 5.90. The van der Waals surface area contributed by atoms with E-state index in [4.69, 9.17) is 0 Å². The van der Waals surface area contributed by atoms with E-state index in [2.05, 4.69) is 15.6 Å². The first-order valence-corrected chi connectivity index (χ1v) is 8.73. The third-order valence-electron chi connectivity index (χ3n) is 3.76. The first kappa shape index (κ1) is 18.8. The highest BCUT2D eigenvalue weighted by molar-refractivity contribution is 6.10. The SMILES string of the molecule is O=C(/C=C/c1ccccc1)N/C(=C\c1ccccc1)C(=O)Nc1cccnc1. The quantitative estimate of drug-likeness (QED) is 0.648.